The van der Waals surface area contributed by atoms with E-state index in [0.29, 0.717) is 31.2 Å². The molecular weight excluding hydrogens is 302 g/mol. The number of halogens is 1. The van der Waals surface area contributed by atoms with Crippen LogP contribution >= 0.6 is 11.6 Å². The van der Waals surface area contributed by atoms with Crippen LogP contribution in [0.2, 0.25) is 5.02 Å². The standard InChI is InChI=1S/C16H22ClN3O2/c1-19(9-12-5-2-3-7-14(12)17)11-15(21)20-8-4-6-13(10-20)16(18)22/h2-3,5,7,13H,4,6,8-11H2,1H3,(H2,18,22). The van der Waals surface area contributed by atoms with Gasteiger partial charge in [0.15, 0.2) is 0 Å². The van der Waals surface area contributed by atoms with E-state index in [4.69, 9.17) is 17.3 Å². The summed E-state index contributed by atoms with van der Waals surface area (Å²) in [6.07, 6.45) is 1.60. The summed E-state index contributed by atoms with van der Waals surface area (Å²) < 4.78 is 0. The first kappa shape index (κ1) is 16.8. The van der Waals surface area contributed by atoms with E-state index in [2.05, 4.69) is 0 Å². The number of likely N-dealkylation sites (tertiary alicyclic amines) is 1. The highest BCUT2D eigenvalue weighted by Crippen LogP contribution is 2.18. The van der Waals surface area contributed by atoms with Gasteiger partial charge in [0, 0.05) is 24.7 Å². The van der Waals surface area contributed by atoms with Crippen molar-refractivity contribution in [3.05, 3.63) is 34.9 Å². The van der Waals surface area contributed by atoms with Crippen molar-refractivity contribution in [2.75, 3.05) is 26.7 Å². The second-order valence-electron chi connectivity index (χ2n) is 5.84. The third kappa shape index (κ3) is 4.45. The van der Waals surface area contributed by atoms with Crippen molar-refractivity contribution in [1.29, 1.82) is 0 Å². The Balaban J connectivity index is 1.88. The quantitative estimate of drug-likeness (QED) is 0.893. The van der Waals surface area contributed by atoms with E-state index in [9.17, 15) is 9.59 Å². The number of likely N-dealkylation sites (N-methyl/N-ethyl adjacent to an activating group) is 1. The summed E-state index contributed by atoms with van der Waals surface area (Å²) in [6, 6.07) is 7.61. The molecular formula is C16H22ClN3O2. The van der Waals surface area contributed by atoms with Gasteiger partial charge in [-0.15, -0.1) is 0 Å². The number of hydrogen-bond donors (Lipinski definition) is 1. The van der Waals surface area contributed by atoms with Crippen molar-refractivity contribution in [2.45, 2.75) is 19.4 Å². The van der Waals surface area contributed by atoms with E-state index in [1.54, 1.807) is 4.90 Å². The Morgan fingerprint density at radius 2 is 2.14 bits per heavy atom. The van der Waals surface area contributed by atoms with Crippen molar-refractivity contribution in [3.8, 4) is 0 Å². The molecule has 120 valence electrons. The first-order valence-electron chi connectivity index (χ1n) is 7.46. The molecule has 1 unspecified atom stereocenters. The molecule has 1 aliphatic heterocycles. The van der Waals surface area contributed by atoms with Gasteiger partial charge in [-0.2, -0.15) is 0 Å². The molecule has 1 fully saturated rings. The third-order valence-corrected chi connectivity index (χ3v) is 4.35. The fourth-order valence-corrected chi connectivity index (χ4v) is 2.94. The molecule has 0 aliphatic carbocycles. The van der Waals surface area contributed by atoms with Crippen LogP contribution in [0.15, 0.2) is 24.3 Å². The van der Waals surface area contributed by atoms with Crippen molar-refractivity contribution < 1.29 is 9.59 Å². The maximum atomic E-state index is 12.4. The van der Waals surface area contributed by atoms with E-state index in [1.807, 2.05) is 36.2 Å². The monoisotopic (exact) mass is 323 g/mol. The van der Waals surface area contributed by atoms with E-state index in [1.165, 1.54) is 0 Å². The predicted octanol–water partition coefficient (Wildman–Crippen LogP) is 1.50. The van der Waals surface area contributed by atoms with E-state index < -0.39 is 0 Å². The normalized spacial score (nSPS) is 18.5. The van der Waals surface area contributed by atoms with Crippen molar-refractivity contribution in [3.63, 3.8) is 0 Å². The number of nitrogens with two attached hydrogens (primary N) is 1. The van der Waals surface area contributed by atoms with Gasteiger partial charge in [0.2, 0.25) is 11.8 Å². The maximum absolute atomic E-state index is 12.4. The van der Waals surface area contributed by atoms with Crippen LogP contribution in [0, 0.1) is 5.92 Å². The molecule has 6 heteroatoms. The fraction of sp³-hybridized carbons (Fsp3) is 0.500. The largest absolute Gasteiger partial charge is 0.369 e. The lowest BCUT2D eigenvalue weighted by molar-refractivity contribution is -0.135. The zero-order chi connectivity index (χ0) is 16.1. The van der Waals surface area contributed by atoms with E-state index >= 15 is 0 Å². The molecule has 2 N–H and O–H groups in total. The second kappa shape index (κ2) is 7.61. The number of carbonyl (C=O) groups excluding carboxylic acids is 2. The summed E-state index contributed by atoms with van der Waals surface area (Å²) in [5, 5.41) is 0.702. The minimum Gasteiger partial charge on any atom is -0.369 e. The van der Waals surface area contributed by atoms with Gasteiger partial charge in [-0.3, -0.25) is 14.5 Å². The molecule has 2 amide bonds. The number of hydrogen-bond acceptors (Lipinski definition) is 3. The van der Waals surface area contributed by atoms with Crippen LogP contribution < -0.4 is 5.73 Å². The number of piperidine rings is 1. The molecule has 0 aromatic heterocycles. The van der Waals surface area contributed by atoms with Crippen LogP contribution in [0.3, 0.4) is 0 Å². The van der Waals surface area contributed by atoms with Gasteiger partial charge >= 0.3 is 0 Å². The lowest BCUT2D eigenvalue weighted by Crippen LogP contribution is -2.47. The predicted molar refractivity (Wildman–Crippen MR) is 86.3 cm³/mol. The van der Waals surface area contributed by atoms with Crippen molar-refractivity contribution in [2.24, 2.45) is 11.7 Å². The first-order valence-corrected chi connectivity index (χ1v) is 7.84. The average molecular weight is 324 g/mol. The number of amides is 2. The maximum Gasteiger partial charge on any atom is 0.236 e. The fourth-order valence-electron chi connectivity index (χ4n) is 2.74. The summed E-state index contributed by atoms with van der Waals surface area (Å²) in [5.74, 6) is -0.506. The molecule has 1 saturated heterocycles. The molecule has 0 radical (unpaired) electrons. The Morgan fingerprint density at radius 1 is 1.41 bits per heavy atom. The summed E-state index contributed by atoms with van der Waals surface area (Å²) in [6.45, 7) is 2.05. The minimum absolute atomic E-state index is 0.0282. The molecule has 0 bridgehead atoms. The number of rotatable bonds is 5. The van der Waals surface area contributed by atoms with Gasteiger partial charge in [-0.05, 0) is 31.5 Å². The number of carbonyl (C=O) groups is 2. The minimum atomic E-state index is -0.318. The van der Waals surface area contributed by atoms with Crippen LogP contribution in [0.1, 0.15) is 18.4 Å². The molecule has 1 heterocycles. The van der Waals surface area contributed by atoms with Gasteiger partial charge < -0.3 is 10.6 Å². The summed E-state index contributed by atoms with van der Waals surface area (Å²) >= 11 is 6.13. The number of primary amides is 1. The highest BCUT2D eigenvalue weighted by atomic mass is 35.5. The Morgan fingerprint density at radius 3 is 2.82 bits per heavy atom. The third-order valence-electron chi connectivity index (χ3n) is 3.98. The average Bonchev–Trinajstić information content (AvgIpc) is 2.49. The smallest absolute Gasteiger partial charge is 0.236 e. The molecule has 2 rings (SSSR count). The van der Waals surface area contributed by atoms with Crippen LogP contribution in [-0.4, -0.2) is 48.3 Å². The SMILES string of the molecule is CN(CC(=O)N1CCCC(C(N)=O)C1)Cc1ccccc1Cl. The topological polar surface area (TPSA) is 66.6 Å². The molecule has 0 spiro atoms. The second-order valence-corrected chi connectivity index (χ2v) is 6.25. The van der Waals surface area contributed by atoms with Gasteiger partial charge in [0.25, 0.3) is 0 Å². The Labute approximate surface area is 136 Å². The first-order chi connectivity index (χ1) is 10.5. The molecule has 22 heavy (non-hydrogen) atoms. The number of benzene rings is 1. The van der Waals surface area contributed by atoms with E-state index in [-0.39, 0.29) is 17.7 Å². The Hall–Kier alpha value is -1.59. The lowest BCUT2D eigenvalue weighted by Gasteiger charge is -2.32. The van der Waals surface area contributed by atoms with Crippen LogP contribution in [0.25, 0.3) is 0 Å². The molecule has 1 aromatic rings. The van der Waals surface area contributed by atoms with Gasteiger partial charge in [0.05, 0.1) is 12.5 Å². The summed E-state index contributed by atoms with van der Waals surface area (Å²) in [4.78, 5) is 27.3. The Kier molecular flexibility index (Phi) is 5.80. The zero-order valence-electron chi connectivity index (χ0n) is 12.8. The Bertz CT molecular complexity index is 550. The van der Waals surface area contributed by atoms with Crippen LogP contribution in [0.4, 0.5) is 0 Å². The zero-order valence-corrected chi connectivity index (χ0v) is 13.6. The molecule has 1 atom stereocenters. The molecule has 5 nitrogen and oxygen atoms in total. The van der Waals surface area contributed by atoms with Crippen LogP contribution in [-0.2, 0) is 16.1 Å². The molecule has 1 aliphatic rings. The summed E-state index contributed by atoms with van der Waals surface area (Å²) in [7, 11) is 1.89. The summed E-state index contributed by atoms with van der Waals surface area (Å²) in [5.41, 5.74) is 6.34. The lowest BCUT2D eigenvalue weighted by atomic mass is 9.97. The van der Waals surface area contributed by atoms with E-state index in [0.717, 1.165) is 18.4 Å². The highest BCUT2D eigenvalue weighted by Gasteiger charge is 2.27. The highest BCUT2D eigenvalue weighted by molar-refractivity contribution is 6.31. The molecule has 1 aromatic carbocycles. The van der Waals surface area contributed by atoms with Gasteiger partial charge in [0.1, 0.15) is 0 Å². The van der Waals surface area contributed by atoms with Crippen molar-refractivity contribution >= 4 is 23.4 Å². The van der Waals surface area contributed by atoms with Crippen molar-refractivity contribution in [1.82, 2.24) is 9.80 Å². The molecule has 0 saturated carbocycles. The van der Waals surface area contributed by atoms with Gasteiger partial charge in [-0.25, -0.2) is 0 Å². The van der Waals surface area contributed by atoms with Crippen LogP contribution in [0.5, 0.6) is 0 Å². The number of nitrogens with zero attached hydrogens (tertiary/aromatic N) is 2. The van der Waals surface area contributed by atoms with Gasteiger partial charge in [-0.1, -0.05) is 29.8 Å².